The third kappa shape index (κ3) is 2.83. The average Bonchev–Trinajstić information content (AvgIpc) is 3.26. The molecule has 1 atom stereocenters. The molecule has 2 aliphatic heterocycles. The standard InChI is InChI=1S/C24H18N4O3/c25-11-15-4-1-2-5-17(15)28-18-6-3-7-19(29)23(18)22(16(12-26)24(28)27)14-8-9-20-21(10-14)31-13-30-20/h1-2,4-5,8-10,22H,3,6-7,13,27H2. The van der Waals surface area contributed by atoms with E-state index in [1.165, 1.54) is 0 Å². The van der Waals surface area contributed by atoms with Gasteiger partial charge < -0.3 is 15.2 Å². The van der Waals surface area contributed by atoms with Crippen LogP contribution in [0, 0.1) is 22.7 Å². The molecule has 2 heterocycles. The highest BCUT2D eigenvalue weighted by atomic mass is 16.7. The van der Waals surface area contributed by atoms with Gasteiger partial charge in [0.05, 0.1) is 28.8 Å². The summed E-state index contributed by atoms with van der Waals surface area (Å²) in [6, 6.07) is 16.9. The number of ether oxygens (including phenoxy) is 2. The number of allylic oxidation sites excluding steroid dienone is 3. The first-order valence-electron chi connectivity index (χ1n) is 9.98. The van der Waals surface area contributed by atoms with Crippen molar-refractivity contribution in [3.8, 4) is 23.6 Å². The number of hydrogen-bond acceptors (Lipinski definition) is 7. The summed E-state index contributed by atoms with van der Waals surface area (Å²) < 4.78 is 10.9. The summed E-state index contributed by atoms with van der Waals surface area (Å²) in [6.07, 6.45) is 1.72. The third-order valence-electron chi connectivity index (χ3n) is 5.91. The van der Waals surface area contributed by atoms with Gasteiger partial charge in [0.2, 0.25) is 6.79 Å². The Kier molecular flexibility index (Phi) is 4.38. The maximum absolute atomic E-state index is 13.2. The molecule has 5 rings (SSSR count). The lowest BCUT2D eigenvalue weighted by atomic mass is 9.75. The van der Waals surface area contributed by atoms with E-state index in [4.69, 9.17) is 15.2 Å². The van der Waals surface area contributed by atoms with Gasteiger partial charge in [-0.25, -0.2) is 0 Å². The van der Waals surface area contributed by atoms with Crippen LogP contribution in [0.2, 0.25) is 0 Å². The van der Waals surface area contributed by atoms with Gasteiger partial charge in [0.25, 0.3) is 0 Å². The Bertz CT molecular complexity index is 1260. The van der Waals surface area contributed by atoms with Crippen LogP contribution in [0.15, 0.2) is 65.1 Å². The number of fused-ring (bicyclic) bond motifs is 1. The lowest BCUT2D eigenvalue weighted by Crippen LogP contribution is -2.39. The molecule has 0 radical (unpaired) electrons. The first-order valence-corrected chi connectivity index (χ1v) is 9.98. The zero-order valence-electron chi connectivity index (χ0n) is 16.6. The van der Waals surface area contributed by atoms with Crippen LogP contribution in [0.4, 0.5) is 5.69 Å². The number of nitrogens with two attached hydrogens (primary N) is 1. The molecule has 2 aromatic rings. The Morgan fingerprint density at radius 3 is 2.65 bits per heavy atom. The topological polar surface area (TPSA) is 112 Å². The van der Waals surface area contributed by atoms with E-state index in [2.05, 4.69) is 12.1 Å². The van der Waals surface area contributed by atoms with Crippen molar-refractivity contribution in [2.45, 2.75) is 25.2 Å². The quantitative estimate of drug-likeness (QED) is 0.805. The summed E-state index contributed by atoms with van der Waals surface area (Å²) in [5.41, 5.74) is 9.89. The molecule has 0 amide bonds. The van der Waals surface area contributed by atoms with Crippen molar-refractivity contribution >= 4 is 11.5 Å². The van der Waals surface area contributed by atoms with Gasteiger partial charge in [-0.1, -0.05) is 18.2 Å². The fourth-order valence-electron chi connectivity index (χ4n) is 4.55. The Morgan fingerprint density at radius 2 is 1.84 bits per heavy atom. The average molecular weight is 410 g/mol. The minimum absolute atomic E-state index is 0.0106. The van der Waals surface area contributed by atoms with Gasteiger partial charge in [-0.05, 0) is 42.7 Å². The van der Waals surface area contributed by atoms with Crippen molar-refractivity contribution in [1.82, 2.24) is 0 Å². The summed E-state index contributed by atoms with van der Waals surface area (Å²) in [6.45, 7) is 0.137. The molecule has 0 saturated heterocycles. The summed E-state index contributed by atoms with van der Waals surface area (Å²) in [7, 11) is 0. The zero-order valence-corrected chi connectivity index (χ0v) is 16.6. The highest BCUT2D eigenvalue weighted by molar-refractivity contribution is 6.01. The monoisotopic (exact) mass is 410 g/mol. The van der Waals surface area contributed by atoms with E-state index < -0.39 is 5.92 Å². The van der Waals surface area contributed by atoms with Gasteiger partial charge in [-0.15, -0.1) is 0 Å². The second-order valence-corrected chi connectivity index (χ2v) is 7.56. The summed E-state index contributed by atoms with van der Waals surface area (Å²) in [4.78, 5) is 14.9. The predicted molar refractivity (Wildman–Crippen MR) is 112 cm³/mol. The SMILES string of the molecule is N#CC1=C(N)N(c2ccccc2C#N)C2=C(C(=O)CCC2)C1c1ccc2c(c1)OCO2. The van der Waals surface area contributed by atoms with Crippen molar-refractivity contribution in [1.29, 1.82) is 10.5 Å². The molecule has 1 aliphatic carbocycles. The molecule has 0 bridgehead atoms. The number of rotatable bonds is 2. The fourth-order valence-corrected chi connectivity index (χ4v) is 4.55. The smallest absolute Gasteiger partial charge is 0.231 e. The lowest BCUT2D eigenvalue weighted by molar-refractivity contribution is -0.116. The molecule has 2 N–H and O–H groups in total. The molecule has 31 heavy (non-hydrogen) atoms. The van der Waals surface area contributed by atoms with Crippen molar-refractivity contribution in [2.24, 2.45) is 5.73 Å². The number of anilines is 1. The van der Waals surface area contributed by atoms with Gasteiger partial charge in [-0.2, -0.15) is 10.5 Å². The van der Waals surface area contributed by atoms with Crippen molar-refractivity contribution in [3.05, 3.63) is 76.3 Å². The Balaban J connectivity index is 1.75. The zero-order chi connectivity index (χ0) is 21.5. The van der Waals surface area contributed by atoms with E-state index in [0.29, 0.717) is 47.6 Å². The maximum Gasteiger partial charge on any atom is 0.231 e. The van der Waals surface area contributed by atoms with E-state index in [1.807, 2.05) is 18.2 Å². The van der Waals surface area contributed by atoms with E-state index in [1.54, 1.807) is 29.2 Å². The minimum atomic E-state index is -0.590. The third-order valence-corrected chi connectivity index (χ3v) is 5.91. The molecule has 0 fully saturated rings. The van der Waals surface area contributed by atoms with Crippen LogP contribution in [0.5, 0.6) is 11.5 Å². The van der Waals surface area contributed by atoms with Gasteiger partial charge in [0, 0.05) is 17.7 Å². The number of nitrogens with zero attached hydrogens (tertiary/aromatic N) is 3. The van der Waals surface area contributed by atoms with Crippen molar-refractivity contribution in [2.75, 3.05) is 11.7 Å². The van der Waals surface area contributed by atoms with E-state index >= 15 is 0 Å². The molecule has 0 saturated carbocycles. The van der Waals surface area contributed by atoms with Crippen LogP contribution < -0.4 is 20.1 Å². The first kappa shape index (κ1) is 18.8. The molecule has 2 aromatic carbocycles. The van der Waals surface area contributed by atoms with Gasteiger partial charge >= 0.3 is 0 Å². The largest absolute Gasteiger partial charge is 0.454 e. The van der Waals surface area contributed by atoms with Crippen LogP contribution in [0.1, 0.15) is 36.3 Å². The number of benzene rings is 2. The molecule has 7 heteroatoms. The summed E-state index contributed by atoms with van der Waals surface area (Å²) >= 11 is 0. The summed E-state index contributed by atoms with van der Waals surface area (Å²) in [5.74, 6) is 0.845. The highest BCUT2D eigenvalue weighted by Crippen LogP contribution is 2.48. The Morgan fingerprint density at radius 1 is 1.03 bits per heavy atom. The van der Waals surface area contributed by atoms with Crippen LogP contribution in [-0.4, -0.2) is 12.6 Å². The van der Waals surface area contributed by atoms with Crippen LogP contribution in [-0.2, 0) is 4.79 Å². The van der Waals surface area contributed by atoms with Crippen LogP contribution in [0.25, 0.3) is 0 Å². The second kappa shape index (κ2) is 7.23. The van der Waals surface area contributed by atoms with Crippen molar-refractivity contribution in [3.63, 3.8) is 0 Å². The highest BCUT2D eigenvalue weighted by Gasteiger charge is 2.41. The number of nitriles is 2. The van der Waals surface area contributed by atoms with E-state index in [9.17, 15) is 15.3 Å². The number of ketones is 1. The van der Waals surface area contributed by atoms with Gasteiger partial charge in [0.15, 0.2) is 17.3 Å². The molecule has 7 nitrogen and oxygen atoms in total. The number of carbonyl (C=O) groups is 1. The molecule has 3 aliphatic rings. The van der Waals surface area contributed by atoms with Crippen LogP contribution in [0.3, 0.4) is 0 Å². The summed E-state index contributed by atoms with van der Waals surface area (Å²) in [5, 5.41) is 19.7. The second-order valence-electron chi connectivity index (χ2n) is 7.56. The Labute approximate surface area is 179 Å². The molecule has 0 aromatic heterocycles. The van der Waals surface area contributed by atoms with Gasteiger partial charge in [-0.3, -0.25) is 9.69 Å². The Hall–Kier alpha value is -4.23. The minimum Gasteiger partial charge on any atom is -0.454 e. The number of hydrogen-bond donors (Lipinski definition) is 1. The number of Topliss-reactive ketones (excluding diaryl/α,β-unsaturated/α-hetero) is 1. The number of carbonyl (C=O) groups excluding carboxylic acids is 1. The predicted octanol–water partition coefficient (Wildman–Crippen LogP) is 3.59. The molecular weight excluding hydrogens is 392 g/mol. The normalized spacial score (nSPS) is 19.7. The van der Waals surface area contributed by atoms with E-state index in [-0.39, 0.29) is 24.0 Å². The van der Waals surface area contributed by atoms with E-state index in [0.717, 1.165) is 11.3 Å². The molecular formula is C24H18N4O3. The molecule has 152 valence electrons. The fraction of sp³-hybridized carbons (Fsp3) is 0.208. The number of para-hydroxylation sites is 1. The molecule has 0 spiro atoms. The van der Waals surface area contributed by atoms with Crippen LogP contribution >= 0.6 is 0 Å². The molecule has 1 unspecified atom stereocenters. The van der Waals surface area contributed by atoms with Gasteiger partial charge in [0.1, 0.15) is 11.9 Å². The first-order chi connectivity index (χ1) is 15.1. The lowest BCUT2D eigenvalue weighted by Gasteiger charge is -2.40. The van der Waals surface area contributed by atoms with Crippen molar-refractivity contribution < 1.29 is 14.3 Å². The maximum atomic E-state index is 13.2.